The normalized spacial score (nSPS) is 30.6. The Labute approximate surface area is 196 Å². The molecule has 2 N–H and O–H groups in total. The predicted molar refractivity (Wildman–Crippen MR) is 123 cm³/mol. The summed E-state index contributed by atoms with van der Waals surface area (Å²) in [5, 5.41) is 19.4. The largest absolute Gasteiger partial charge is 0.509 e. The molecular weight excluding hydrogens is 424 g/mol. The van der Waals surface area contributed by atoms with Crippen molar-refractivity contribution in [3.8, 4) is 0 Å². The quantitative estimate of drug-likeness (QED) is 0.295. The molecule has 1 aromatic heterocycles. The van der Waals surface area contributed by atoms with E-state index in [-0.39, 0.29) is 42.0 Å². The molecule has 2 heterocycles. The van der Waals surface area contributed by atoms with Gasteiger partial charge >= 0.3 is 6.16 Å². The molecule has 0 amide bonds. The second-order valence-electron chi connectivity index (χ2n) is 10.1. The number of furan rings is 1. The lowest BCUT2D eigenvalue weighted by atomic mass is 9.74. The van der Waals surface area contributed by atoms with Crippen LogP contribution in [0.2, 0.25) is 0 Å². The van der Waals surface area contributed by atoms with Crippen LogP contribution in [0.5, 0.6) is 0 Å². The lowest BCUT2D eigenvalue weighted by molar-refractivity contribution is 0.0181. The lowest BCUT2D eigenvalue weighted by Crippen LogP contribution is -2.41. The predicted octanol–water partition coefficient (Wildman–Crippen LogP) is 4.69. The van der Waals surface area contributed by atoms with E-state index in [1.165, 1.54) is 0 Å². The van der Waals surface area contributed by atoms with Crippen LogP contribution >= 0.6 is 0 Å². The van der Waals surface area contributed by atoms with Crippen molar-refractivity contribution in [3.05, 3.63) is 35.3 Å². The Morgan fingerprint density at radius 1 is 1.24 bits per heavy atom. The first-order valence-electron chi connectivity index (χ1n) is 12.1. The van der Waals surface area contributed by atoms with Crippen LogP contribution in [0, 0.1) is 36.5 Å². The van der Waals surface area contributed by atoms with Crippen molar-refractivity contribution in [1.29, 1.82) is 0 Å². The Kier molecular flexibility index (Phi) is 8.40. The number of hydrogen-bond donors (Lipinski definition) is 2. The second-order valence-corrected chi connectivity index (χ2v) is 10.1. The molecule has 7 heteroatoms. The number of aryl methyl sites for hydroxylation is 1. The van der Waals surface area contributed by atoms with E-state index in [1.807, 2.05) is 20.8 Å². The summed E-state index contributed by atoms with van der Waals surface area (Å²) in [6, 6.07) is 1.77. The van der Waals surface area contributed by atoms with Crippen LogP contribution in [0.3, 0.4) is 0 Å². The van der Waals surface area contributed by atoms with E-state index in [0.29, 0.717) is 18.6 Å². The van der Waals surface area contributed by atoms with Crippen LogP contribution < -0.4 is 0 Å². The number of carbonyl (C=O) groups is 2. The number of aliphatic hydroxyl groups is 2. The maximum atomic E-state index is 13.1. The van der Waals surface area contributed by atoms with Crippen molar-refractivity contribution < 1.29 is 33.7 Å². The molecule has 0 bridgehead atoms. The van der Waals surface area contributed by atoms with E-state index < -0.39 is 24.5 Å². The summed E-state index contributed by atoms with van der Waals surface area (Å²) >= 11 is 0. The van der Waals surface area contributed by atoms with Crippen molar-refractivity contribution in [2.24, 2.45) is 29.6 Å². The standard InChI is InChI=1S/C26H38O7/c1-14-12-21(31-13-14)23(29)18(5)19-8-6-16(3)22(19)25-24(32-26(30)33-25)17(4)7-9-20(28)15(2)10-11-27/h10,12-13,16-20,22,24-25,27-28H,6-9,11H2,1-5H3/b15-10-/t16-,17+,18-,19-,20?,22+,24?,25?/m0/s1. The van der Waals surface area contributed by atoms with Crippen molar-refractivity contribution >= 4 is 11.9 Å². The third kappa shape index (κ3) is 5.69. The van der Waals surface area contributed by atoms with Crippen molar-refractivity contribution in [3.63, 3.8) is 0 Å². The first-order valence-corrected chi connectivity index (χ1v) is 12.1. The number of aliphatic hydroxyl groups excluding tert-OH is 2. The van der Waals surface area contributed by atoms with E-state index in [9.17, 15) is 14.7 Å². The van der Waals surface area contributed by atoms with E-state index >= 15 is 0 Å². The molecule has 3 rings (SSSR count). The van der Waals surface area contributed by atoms with Crippen LogP contribution in [0.25, 0.3) is 0 Å². The third-order valence-corrected chi connectivity index (χ3v) is 7.70. The molecule has 8 atom stereocenters. The molecule has 1 aliphatic heterocycles. The number of rotatable bonds is 10. The first kappa shape index (κ1) is 25.5. The van der Waals surface area contributed by atoms with Crippen molar-refractivity contribution in [2.75, 3.05) is 6.61 Å². The highest BCUT2D eigenvalue weighted by atomic mass is 16.8. The summed E-state index contributed by atoms with van der Waals surface area (Å²) < 4.78 is 16.8. The maximum Gasteiger partial charge on any atom is 0.509 e. The average molecular weight is 463 g/mol. The van der Waals surface area contributed by atoms with E-state index in [2.05, 4.69) is 6.92 Å². The molecule has 1 aromatic rings. The summed E-state index contributed by atoms with van der Waals surface area (Å²) in [5.41, 5.74) is 1.64. The Balaban J connectivity index is 1.73. The van der Waals surface area contributed by atoms with Crippen LogP contribution in [0.4, 0.5) is 4.79 Å². The summed E-state index contributed by atoms with van der Waals surface area (Å²) in [5.74, 6) is 0.448. The number of cyclic esters (lactones) is 2. The minimum atomic E-state index is -0.660. The van der Waals surface area contributed by atoms with Crippen LogP contribution in [-0.4, -0.2) is 47.1 Å². The highest BCUT2D eigenvalue weighted by Crippen LogP contribution is 2.48. The fourth-order valence-electron chi connectivity index (χ4n) is 5.61. The van der Waals surface area contributed by atoms with Crippen molar-refractivity contribution in [2.45, 2.75) is 78.6 Å². The molecule has 33 heavy (non-hydrogen) atoms. The Morgan fingerprint density at radius 2 is 1.97 bits per heavy atom. The van der Waals surface area contributed by atoms with Crippen LogP contribution in [-0.2, 0) is 9.47 Å². The number of ether oxygens (including phenoxy) is 2. The van der Waals surface area contributed by atoms with Gasteiger partial charge in [-0.3, -0.25) is 4.79 Å². The lowest BCUT2D eigenvalue weighted by Gasteiger charge is -2.34. The third-order valence-electron chi connectivity index (χ3n) is 7.70. The molecule has 0 spiro atoms. The highest BCUT2D eigenvalue weighted by molar-refractivity contribution is 5.95. The maximum absolute atomic E-state index is 13.1. The highest BCUT2D eigenvalue weighted by Gasteiger charge is 2.52. The molecule has 7 nitrogen and oxygen atoms in total. The number of Topliss-reactive ketones (excluding diaryl/α,β-unsaturated/α-hetero) is 1. The van der Waals surface area contributed by atoms with Gasteiger partial charge in [-0.1, -0.05) is 26.8 Å². The summed E-state index contributed by atoms with van der Waals surface area (Å²) in [6.45, 7) is 9.68. The molecule has 0 radical (unpaired) electrons. The summed E-state index contributed by atoms with van der Waals surface area (Å²) in [4.78, 5) is 25.3. The van der Waals surface area contributed by atoms with Gasteiger partial charge in [0.1, 0.15) is 12.2 Å². The van der Waals surface area contributed by atoms with Gasteiger partial charge in [0.25, 0.3) is 0 Å². The zero-order valence-corrected chi connectivity index (χ0v) is 20.3. The minimum absolute atomic E-state index is 0.0138. The molecule has 1 saturated carbocycles. The van der Waals surface area contributed by atoms with Gasteiger partial charge in [0.05, 0.1) is 19.0 Å². The van der Waals surface area contributed by atoms with Gasteiger partial charge in [0.15, 0.2) is 5.76 Å². The zero-order valence-electron chi connectivity index (χ0n) is 20.3. The SMILES string of the molecule is C/C(=C/CO)C(O)CC[C@@H](C)C1OC(=O)OC1[C@H]1[C@H]([C@H](C)C(=O)c2cc(C)co2)CC[C@@H]1C. The fraction of sp³-hybridized carbons (Fsp3) is 0.692. The van der Waals surface area contributed by atoms with E-state index in [0.717, 1.165) is 24.0 Å². The molecular formula is C26H38O7. The number of ketones is 1. The van der Waals surface area contributed by atoms with Crippen LogP contribution in [0.15, 0.2) is 28.4 Å². The first-order chi connectivity index (χ1) is 15.6. The summed E-state index contributed by atoms with van der Waals surface area (Å²) in [7, 11) is 0. The second kappa shape index (κ2) is 10.9. The van der Waals surface area contributed by atoms with Gasteiger partial charge in [0, 0.05) is 11.8 Å². The molecule has 2 fully saturated rings. The topological polar surface area (TPSA) is 106 Å². The monoisotopic (exact) mass is 462 g/mol. The molecule has 0 aromatic carbocycles. The van der Waals surface area contributed by atoms with Gasteiger partial charge in [0.2, 0.25) is 5.78 Å². The van der Waals surface area contributed by atoms with Gasteiger partial charge in [-0.25, -0.2) is 4.79 Å². The van der Waals surface area contributed by atoms with Gasteiger partial charge in [-0.2, -0.15) is 0 Å². The molecule has 2 aliphatic rings. The fourth-order valence-corrected chi connectivity index (χ4v) is 5.61. The molecule has 184 valence electrons. The molecule has 1 saturated heterocycles. The average Bonchev–Trinajstić information content (AvgIpc) is 3.48. The van der Waals surface area contributed by atoms with E-state index in [1.54, 1.807) is 25.3 Å². The van der Waals surface area contributed by atoms with E-state index in [4.69, 9.17) is 19.0 Å². The zero-order chi connectivity index (χ0) is 24.3. The van der Waals surface area contributed by atoms with Gasteiger partial charge in [-0.05, 0) is 74.5 Å². The smallest absolute Gasteiger partial charge is 0.461 e. The Bertz CT molecular complexity index is 857. The molecule has 3 unspecified atom stereocenters. The van der Waals surface area contributed by atoms with Crippen LogP contribution in [0.1, 0.15) is 69.5 Å². The number of hydrogen-bond acceptors (Lipinski definition) is 7. The van der Waals surface area contributed by atoms with Gasteiger partial charge in [-0.15, -0.1) is 0 Å². The minimum Gasteiger partial charge on any atom is -0.461 e. The van der Waals surface area contributed by atoms with Gasteiger partial charge < -0.3 is 24.1 Å². The molecule has 1 aliphatic carbocycles. The Hall–Kier alpha value is -2.12. The Morgan fingerprint density at radius 3 is 2.61 bits per heavy atom. The van der Waals surface area contributed by atoms with Crippen molar-refractivity contribution in [1.82, 2.24) is 0 Å². The number of carbonyl (C=O) groups excluding carboxylic acids is 2. The summed E-state index contributed by atoms with van der Waals surface area (Å²) in [6.07, 6.45) is 4.02.